The van der Waals surface area contributed by atoms with E-state index in [1.807, 2.05) is 37.3 Å². The minimum atomic E-state index is -1.03. The molecule has 1 heterocycles. The number of phenolic OH excluding ortho intramolecular Hbond substituents is 1. The molecule has 1 aromatic heterocycles. The third kappa shape index (κ3) is 7.75. The first-order valence-electron chi connectivity index (χ1n) is 12.2. The molecule has 0 spiro atoms. The molecule has 0 bridgehead atoms. The normalized spacial score (nSPS) is 13.2. The number of thiophene rings is 1. The lowest BCUT2D eigenvalue weighted by atomic mass is 10.1. The number of benzene rings is 2. The van der Waals surface area contributed by atoms with E-state index in [1.165, 1.54) is 30.2 Å². The molecular formula is C29H31ClFN3O4S. The van der Waals surface area contributed by atoms with Gasteiger partial charge in [0.05, 0.1) is 15.6 Å². The summed E-state index contributed by atoms with van der Waals surface area (Å²) >= 11 is 7.00. The maximum Gasteiger partial charge on any atom is 0.257 e. The van der Waals surface area contributed by atoms with Crippen LogP contribution in [0.4, 0.5) is 4.39 Å². The Labute approximate surface area is 236 Å². The second-order valence-corrected chi connectivity index (χ2v) is 10.5. The van der Waals surface area contributed by atoms with Crippen molar-refractivity contribution in [2.24, 2.45) is 4.99 Å². The molecule has 1 atom stereocenters. The first-order chi connectivity index (χ1) is 18.5. The Hall–Kier alpha value is -3.53. The molecule has 0 aliphatic heterocycles. The molecule has 0 saturated heterocycles. The number of aromatic hydroxyl groups is 1. The molecule has 2 aromatic carbocycles. The smallest absolute Gasteiger partial charge is 0.257 e. The number of rotatable bonds is 10. The molecule has 0 aliphatic rings. The number of hydrogen-bond donors (Lipinski definition) is 2. The summed E-state index contributed by atoms with van der Waals surface area (Å²) in [7, 11) is 1.39. The molecule has 39 heavy (non-hydrogen) atoms. The van der Waals surface area contributed by atoms with Gasteiger partial charge in [-0.15, -0.1) is 11.3 Å². The first kappa shape index (κ1) is 30.0. The minimum absolute atomic E-state index is 0.0845. The van der Waals surface area contributed by atoms with Gasteiger partial charge in [-0.3, -0.25) is 9.59 Å². The van der Waals surface area contributed by atoms with Gasteiger partial charge in [-0.25, -0.2) is 4.99 Å². The maximum absolute atomic E-state index is 13.6. The average molecular weight is 572 g/mol. The lowest BCUT2D eigenvalue weighted by Crippen LogP contribution is -2.46. The number of carbonyl (C=O) groups excluding carboxylic acids is 2. The predicted octanol–water partition coefficient (Wildman–Crippen LogP) is 6.18. The van der Waals surface area contributed by atoms with Crippen LogP contribution in [-0.2, 0) is 14.3 Å². The zero-order valence-electron chi connectivity index (χ0n) is 22.4. The van der Waals surface area contributed by atoms with Crippen molar-refractivity contribution in [2.45, 2.75) is 39.8 Å². The molecule has 2 N–H and O–H groups in total. The van der Waals surface area contributed by atoms with Gasteiger partial charge >= 0.3 is 0 Å². The number of ether oxygens (including phenoxy) is 1. The van der Waals surface area contributed by atoms with Crippen LogP contribution in [0.2, 0.25) is 5.02 Å². The molecule has 7 nitrogen and oxygen atoms in total. The highest BCUT2D eigenvalue weighted by atomic mass is 35.5. The average Bonchev–Trinajstić information content (AvgIpc) is 3.35. The van der Waals surface area contributed by atoms with E-state index in [-0.39, 0.29) is 28.5 Å². The van der Waals surface area contributed by atoms with Crippen molar-refractivity contribution in [3.63, 3.8) is 0 Å². The van der Waals surface area contributed by atoms with Crippen LogP contribution < -0.4 is 5.32 Å². The summed E-state index contributed by atoms with van der Waals surface area (Å²) in [6.45, 7) is 6.89. The quantitative estimate of drug-likeness (QED) is 0.284. The Morgan fingerprint density at radius 2 is 1.82 bits per heavy atom. The van der Waals surface area contributed by atoms with E-state index in [0.717, 1.165) is 16.9 Å². The molecule has 0 radical (unpaired) electrons. The number of carbonyl (C=O) groups is 2. The number of aliphatic imine (C=N–C) groups is 1. The number of phenols is 1. The van der Waals surface area contributed by atoms with Crippen LogP contribution in [0.25, 0.3) is 5.57 Å². The lowest BCUT2D eigenvalue weighted by Gasteiger charge is -2.30. The summed E-state index contributed by atoms with van der Waals surface area (Å²) in [5.41, 5.74) is 2.54. The van der Waals surface area contributed by atoms with E-state index >= 15 is 0 Å². The van der Waals surface area contributed by atoms with Crippen LogP contribution in [0.5, 0.6) is 5.75 Å². The van der Waals surface area contributed by atoms with Gasteiger partial charge in [-0.1, -0.05) is 48.0 Å². The molecular weight excluding hydrogens is 541 g/mol. The molecule has 0 saturated carbocycles. The summed E-state index contributed by atoms with van der Waals surface area (Å²) in [5.74, 6) is -0.724. The van der Waals surface area contributed by atoms with E-state index in [2.05, 4.69) is 10.3 Å². The van der Waals surface area contributed by atoms with Crippen molar-refractivity contribution < 1.29 is 23.8 Å². The summed E-state index contributed by atoms with van der Waals surface area (Å²) in [6, 6.07) is 16.5. The van der Waals surface area contributed by atoms with Crippen LogP contribution >= 0.6 is 22.9 Å². The lowest BCUT2D eigenvalue weighted by molar-refractivity contribution is -0.147. The third-order valence-corrected chi connectivity index (χ3v) is 7.27. The highest BCUT2D eigenvalue weighted by Crippen LogP contribution is 2.29. The topological polar surface area (TPSA) is 91.2 Å². The van der Waals surface area contributed by atoms with Crippen LogP contribution in [-0.4, -0.2) is 47.2 Å². The minimum Gasteiger partial charge on any atom is -0.506 e. The Morgan fingerprint density at radius 1 is 1.13 bits per heavy atom. The van der Waals surface area contributed by atoms with Crippen LogP contribution in [0.15, 0.2) is 71.5 Å². The summed E-state index contributed by atoms with van der Waals surface area (Å²) in [4.78, 5) is 33.5. The highest BCUT2D eigenvalue weighted by Gasteiger charge is 2.30. The van der Waals surface area contributed by atoms with Gasteiger partial charge in [0, 0.05) is 13.2 Å². The monoisotopic (exact) mass is 571 g/mol. The second kappa shape index (κ2) is 13.5. The number of hydrogen-bond acceptors (Lipinski definition) is 6. The molecule has 206 valence electrons. The fourth-order valence-electron chi connectivity index (χ4n) is 3.82. The van der Waals surface area contributed by atoms with Crippen molar-refractivity contribution in [2.75, 3.05) is 13.7 Å². The van der Waals surface area contributed by atoms with E-state index in [4.69, 9.17) is 16.3 Å². The Morgan fingerprint density at radius 3 is 2.38 bits per heavy atom. The zero-order valence-corrected chi connectivity index (χ0v) is 23.9. The Bertz CT molecular complexity index is 1390. The SMILES string of the molecule is COC(C(=O)N(CC(=O)NC(/N=C(\C)c1ccc(F)s1)=C(/C)c1ccccc1)C(C)C)c1ccc(O)c(Cl)c1. The highest BCUT2D eigenvalue weighted by molar-refractivity contribution is 7.12. The van der Waals surface area contributed by atoms with Crippen molar-refractivity contribution in [1.29, 1.82) is 0 Å². The molecule has 1 unspecified atom stereocenters. The number of amides is 2. The maximum atomic E-state index is 13.6. The standard InChI is InChI=1S/C29H31ClFN3O4S/c1-17(2)34(29(37)27(38-5)21-11-12-23(35)22(30)15-21)16-26(36)33-28(18(3)20-9-7-6-8-10-20)32-19(4)24-13-14-25(31)39-24/h6-15,17,27,35H,16H2,1-5H3,(H,33,36)/b28-18-,32-19+. The number of methoxy groups -OCH3 is 1. The van der Waals surface area contributed by atoms with E-state index in [9.17, 15) is 19.1 Å². The number of nitrogens with one attached hydrogen (secondary N) is 1. The van der Waals surface area contributed by atoms with Gasteiger partial charge < -0.3 is 20.1 Å². The fraction of sp³-hybridized carbons (Fsp3) is 0.276. The van der Waals surface area contributed by atoms with Gasteiger partial charge in [-0.05, 0) is 68.7 Å². The van der Waals surface area contributed by atoms with Crippen molar-refractivity contribution in [3.8, 4) is 5.75 Å². The molecule has 3 rings (SSSR count). The van der Waals surface area contributed by atoms with E-state index in [0.29, 0.717) is 27.5 Å². The summed E-state index contributed by atoms with van der Waals surface area (Å²) in [5, 5.41) is 12.4. The number of halogens is 2. The van der Waals surface area contributed by atoms with Crippen molar-refractivity contribution in [1.82, 2.24) is 10.2 Å². The molecule has 2 amide bonds. The number of nitrogens with zero attached hydrogens (tertiary/aromatic N) is 2. The molecule has 3 aromatic rings. The fourth-order valence-corrected chi connectivity index (χ4v) is 4.68. The molecule has 0 fully saturated rings. The number of allylic oxidation sites excluding steroid dienone is 1. The van der Waals surface area contributed by atoms with Crippen molar-refractivity contribution in [3.05, 3.63) is 92.6 Å². The van der Waals surface area contributed by atoms with Gasteiger partial charge in [0.1, 0.15) is 18.1 Å². The van der Waals surface area contributed by atoms with Gasteiger partial charge in [0.25, 0.3) is 5.91 Å². The molecule has 10 heteroatoms. The van der Waals surface area contributed by atoms with Crippen LogP contribution in [0.3, 0.4) is 0 Å². The summed E-state index contributed by atoms with van der Waals surface area (Å²) < 4.78 is 19.1. The largest absolute Gasteiger partial charge is 0.506 e. The predicted molar refractivity (Wildman–Crippen MR) is 153 cm³/mol. The summed E-state index contributed by atoms with van der Waals surface area (Å²) in [6.07, 6.45) is -1.03. The first-order valence-corrected chi connectivity index (χ1v) is 13.4. The van der Waals surface area contributed by atoms with Crippen molar-refractivity contribution >= 4 is 46.0 Å². The third-order valence-electron chi connectivity index (χ3n) is 5.98. The van der Waals surface area contributed by atoms with Gasteiger partial charge in [0.15, 0.2) is 11.2 Å². The van der Waals surface area contributed by atoms with Gasteiger partial charge in [0.2, 0.25) is 5.91 Å². The van der Waals surface area contributed by atoms with E-state index in [1.54, 1.807) is 32.9 Å². The van der Waals surface area contributed by atoms with E-state index < -0.39 is 17.9 Å². The Balaban J connectivity index is 1.90. The Kier molecular flexibility index (Phi) is 10.4. The van der Waals surface area contributed by atoms with Crippen LogP contribution in [0, 0.1) is 5.13 Å². The van der Waals surface area contributed by atoms with Gasteiger partial charge in [-0.2, -0.15) is 4.39 Å². The zero-order chi connectivity index (χ0) is 28.7. The molecule has 0 aliphatic carbocycles. The van der Waals surface area contributed by atoms with Crippen LogP contribution in [0.1, 0.15) is 49.8 Å². The second-order valence-electron chi connectivity index (χ2n) is 9.08.